The Kier molecular flexibility index (Phi) is 4.62. The third-order valence-corrected chi connectivity index (χ3v) is 5.07. The minimum absolute atomic E-state index is 0.132. The van der Waals surface area contributed by atoms with Gasteiger partial charge in [-0.3, -0.25) is 9.52 Å². The van der Waals surface area contributed by atoms with Gasteiger partial charge in [-0.25, -0.2) is 8.42 Å². The second-order valence-electron chi connectivity index (χ2n) is 3.74. The highest BCUT2D eigenvalue weighted by Crippen LogP contribution is 2.25. The molecule has 1 heterocycles. The number of rotatable bonds is 3. The van der Waals surface area contributed by atoms with Gasteiger partial charge >= 0.3 is 0 Å². The van der Waals surface area contributed by atoms with Gasteiger partial charge < -0.3 is 4.98 Å². The van der Waals surface area contributed by atoms with Crippen LogP contribution in [0.4, 0.5) is 5.69 Å². The van der Waals surface area contributed by atoms with Crippen LogP contribution in [0, 0.1) is 3.57 Å². The molecule has 1 aromatic heterocycles. The summed E-state index contributed by atoms with van der Waals surface area (Å²) in [5.41, 5.74) is -0.163. The first-order valence-electron chi connectivity index (χ1n) is 5.16. The molecule has 0 radical (unpaired) electrons. The van der Waals surface area contributed by atoms with Gasteiger partial charge in [0, 0.05) is 14.8 Å². The van der Waals surface area contributed by atoms with Crippen molar-refractivity contribution in [1.82, 2.24) is 4.98 Å². The van der Waals surface area contributed by atoms with Crippen molar-refractivity contribution < 1.29 is 8.42 Å². The molecule has 0 aliphatic carbocycles. The fourth-order valence-electron chi connectivity index (χ4n) is 1.37. The van der Waals surface area contributed by atoms with Crippen LogP contribution in [0.3, 0.4) is 0 Å². The maximum atomic E-state index is 12.2. The third kappa shape index (κ3) is 3.46. The van der Waals surface area contributed by atoms with Crippen LogP contribution >= 0.6 is 45.8 Å². The Morgan fingerprint density at radius 3 is 2.50 bits per heavy atom. The van der Waals surface area contributed by atoms with E-state index >= 15 is 0 Å². The van der Waals surface area contributed by atoms with Crippen molar-refractivity contribution in [3.63, 3.8) is 0 Å². The highest BCUT2D eigenvalue weighted by atomic mass is 127. The first kappa shape index (κ1) is 15.6. The monoisotopic (exact) mass is 444 g/mol. The summed E-state index contributed by atoms with van der Waals surface area (Å²) in [6, 6.07) is 5.84. The zero-order chi connectivity index (χ0) is 14.9. The van der Waals surface area contributed by atoms with Crippen LogP contribution in [0.2, 0.25) is 10.0 Å². The van der Waals surface area contributed by atoms with Crippen LogP contribution in [-0.4, -0.2) is 13.4 Å². The van der Waals surface area contributed by atoms with Gasteiger partial charge in [0.25, 0.3) is 15.6 Å². The molecule has 0 atom stereocenters. The third-order valence-electron chi connectivity index (χ3n) is 2.32. The van der Waals surface area contributed by atoms with Gasteiger partial charge in [0.2, 0.25) is 0 Å². The summed E-state index contributed by atoms with van der Waals surface area (Å²) in [4.78, 5) is 13.3. The number of nitrogens with one attached hydrogen (secondary N) is 2. The Balaban J connectivity index is 2.40. The van der Waals surface area contributed by atoms with Crippen LogP contribution in [-0.2, 0) is 10.0 Å². The zero-order valence-corrected chi connectivity index (χ0v) is 14.1. The number of sulfonamides is 1. The number of aromatic amines is 1. The molecule has 1 aromatic carbocycles. The molecule has 0 fully saturated rings. The second kappa shape index (κ2) is 5.92. The molecule has 0 bridgehead atoms. The lowest BCUT2D eigenvalue weighted by molar-refractivity contribution is 0.600. The van der Waals surface area contributed by atoms with Crippen LogP contribution in [0.15, 0.2) is 40.2 Å². The first-order chi connectivity index (χ1) is 9.29. The molecule has 0 saturated heterocycles. The molecule has 0 aliphatic heterocycles. The number of aromatic nitrogens is 1. The number of anilines is 1. The predicted octanol–water partition coefficient (Wildman–Crippen LogP) is 3.09. The van der Waals surface area contributed by atoms with Crippen LogP contribution in [0.25, 0.3) is 0 Å². The standard InChI is InChI=1S/C11H7Cl2IN2O3S/c12-6-1-2-10(9(14)3-6)16-20(18,19)7-4-8(13)11(17)15-5-7/h1-5,16H,(H,15,17). The number of H-pyrrole nitrogens is 1. The van der Waals surface area contributed by atoms with Gasteiger partial charge in [0.05, 0.1) is 5.69 Å². The Morgan fingerprint density at radius 1 is 1.20 bits per heavy atom. The first-order valence-corrected chi connectivity index (χ1v) is 8.47. The van der Waals surface area contributed by atoms with Crippen molar-refractivity contribution in [3.05, 3.63) is 54.4 Å². The summed E-state index contributed by atoms with van der Waals surface area (Å²) in [5, 5.41) is 0.308. The van der Waals surface area contributed by atoms with E-state index < -0.39 is 15.6 Å². The predicted molar refractivity (Wildman–Crippen MR) is 87.1 cm³/mol. The van der Waals surface area contributed by atoms with Gasteiger partial charge in [-0.05, 0) is 46.9 Å². The number of halogens is 3. The molecule has 0 amide bonds. The van der Waals surface area contributed by atoms with Gasteiger partial charge in [0.15, 0.2) is 0 Å². The van der Waals surface area contributed by atoms with Crippen molar-refractivity contribution >= 4 is 61.5 Å². The number of pyridine rings is 1. The lowest BCUT2D eigenvalue weighted by Crippen LogP contribution is -2.16. The molecular weight excluding hydrogens is 438 g/mol. The SMILES string of the molecule is O=c1[nH]cc(S(=O)(=O)Nc2ccc(Cl)cc2I)cc1Cl. The van der Waals surface area contributed by atoms with E-state index in [1.807, 2.05) is 22.6 Å². The molecule has 2 N–H and O–H groups in total. The van der Waals surface area contributed by atoms with Crippen molar-refractivity contribution in [3.8, 4) is 0 Å². The maximum Gasteiger partial charge on any atom is 0.266 e. The molecule has 9 heteroatoms. The average Bonchev–Trinajstić information content (AvgIpc) is 2.36. The summed E-state index contributed by atoms with van der Waals surface area (Å²) in [6.45, 7) is 0. The molecule has 5 nitrogen and oxygen atoms in total. The lowest BCUT2D eigenvalue weighted by Gasteiger charge is -2.10. The molecule has 0 spiro atoms. The minimum Gasteiger partial charge on any atom is -0.326 e. The summed E-state index contributed by atoms with van der Waals surface area (Å²) >= 11 is 13.4. The highest BCUT2D eigenvalue weighted by molar-refractivity contribution is 14.1. The van der Waals surface area contributed by atoms with Gasteiger partial charge in [0.1, 0.15) is 9.92 Å². The summed E-state index contributed by atoms with van der Waals surface area (Å²) in [6.07, 6.45) is 1.08. The fraction of sp³-hybridized carbons (Fsp3) is 0. The topological polar surface area (TPSA) is 79.0 Å². The Hall–Kier alpha value is -0.770. The number of benzene rings is 1. The van der Waals surface area contributed by atoms with Crippen molar-refractivity contribution in [2.75, 3.05) is 4.72 Å². The van der Waals surface area contributed by atoms with Gasteiger partial charge in [-0.2, -0.15) is 0 Å². The fourth-order valence-corrected chi connectivity index (χ4v) is 3.87. The number of hydrogen-bond donors (Lipinski definition) is 2. The molecular formula is C11H7Cl2IN2O3S. The van der Waals surface area contributed by atoms with Crippen molar-refractivity contribution in [2.45, 2.75) is 4.90 Å². The average molecular weight is 445 g/mol. The van der Waals surface area contributed by atoms with E-state index in [0.717, 1.165) is 12.3 Å². The Labute approximate surface area is 138 Å². The zero-order valence-electron chi connectivity index (χ0n) is 9.65. The smallest absolute Gasteiger partial charge is 0.266 e. The molecule has 106 valence electrons. The summed E-state index contributed by atoms with van der Waals surface area (Å²) < 4.78 is 27.4. The largest absolute Gasteiger partial charge is 0.326 e. The molecule has 20 heavy (non-hydrogen) atoms. The highest BCUT2D eigenvalue weighted by Gasteiger charge is 2.17. The van der Waals surface area contributed by atoms with Crippen LogP contribution < -0.4 is 10.3 Å². The maximum absolute atomic E-state index is 12.2. The van der Waals surface area contributed by atoms with E-state index in [-0.39, 0.29) is 9.92 Å². The van der Waals surface area contributed by atoms with E-state index in [0.29, 0.717) is 14.3 Å². The van der Waals surface area contributed by atoms with Crippen LogP contribution in [0.5, 0.6) is 0 Å². The Bertz CT molecular complexity index is 821. The van der Waals surface area contributed by atoms with Crippen molar-refractivity contribution in [1.29, 1.82) is 0 Å². The number of hydrogen-bond acceptors (Lipinski definition) is 3. The molecule has 0 unspecified atom stereocenters. The second-order valence-corrected chi connectivity index (χ2v) is 7.43. The van der Waals surface area contributed by atoms with Gasteiger partial charge in [-0.1, -0.05) is 23.2 Å². The Morgan fingerprint density at radius 2 is 1.90 bits per heavy atom. The quantitative estimate of drug-likeness (QED) is 0.714. The van der Waals surface area contributed by atoms with E-state index in [2.05, 4.69) is 9.71 Å². The summed E-state index contributed by atoms with van der Waals surface area (Å²) in [5.74, 6) is 0. The minimum atomic E-state index is -3.84. The molecule has 0 aliphatic rings. The van der Waals surface area contributed by atoms with E-state index in [1.54, 1.807) is 18.2 Å². The molecule has 0 saturated carbocycles. The van der Waals surface area contributed by atoms with Crippen LogP contribution in [0.1, 0.15) is 0 Å². The van der Waals surface area contributed by atoms with Gasteiger partial charge in [-0.15, -0.1) is 0 Å². The molecule has 2 rings (SSSR count). The molecule has 2 aromatic rings. The van der Waals surface area contributed by atoms with Crippen molar-refractivity contribution in [2.24, 2.45) is 0 Å². The normalized spacial score (nSPS) is 11.3. The summed E-state index contributed by atoms with van der Waals surface area (Å²) in [7, 11) is -3.84. The lowest BCUT2D eigenvalue weighted by atomic mass is 10.3. The van der Waals surface area contributed by atoms with E-state index in [1.165, 1.54) is 0 Å². The van der Waals surface area contributed by atoms with E-state index in [4.69, 9.17) is 23.2 Å². The van der Waals surface area contributed by atoms with E-state index in [9.17, 15) is 13.2 Å².